The Kier molecular flexibility index (Phi) is 6.68. The van der Waals surface area contributed by atoms with Crippen LogP contribution in [0.5, 0.6) is 0 Å². The van der Waals surface area contributed by atoms with Crippen molar-refractivity contribution in [2.45, 2.75) is 0 Å². The fourth-order valence-electron chi connectivity index (χ4n) is 4.27. The Bertz CT molecular complexity index is 1200. The number of hydrogen-bond acceptors (Lipinski definition) is 9. The minimum atomic E-state index is -0.188. The van der Waals surface area contributed by atoms with Crippen molar-refractivity contribution in [3.63, 3.8) is 0 Å². The van der Waals surface area contributed by atoms with Gasteiger partial charge >= 0.3 is 0 Å². The van der Waals surface area contributed by atoms with Crippen molar-refractivity contribution in [1.82, 2.24) is 15.0 Å². The summed E-state index contributed by atoms with van der Waals surface area (Å²) in [6.45, 7) is 5.89. The number of nitrogens with one attached hydrogen (secondary N) is 1. The van der Waals surface area contributed by atoms with Crippen molar-refractivity contribution < 1.29 is 9.53 Å². The van der Waals surface area contributed by atoms with E-state index >= 15 is 0 Å². The van der Waals surface area contributed by atoms with Crippen LogP contribution in [0.25, 0.3) is 0 Å². The zero-order valence-electron chi connectivity index (χ0n) is 19.3. The van der Waals surface area contributed by atoms with Crippen LogP contribution in [-0.2, 0) is 4.74 Å². The molecule has 5 rings (SSSR count). The van der Waals surface area contributed by atoms with Crippen molar-refractivity contribution in [3.05, 3.63) is 66.1 Å². The molecular formula is C25H26N8O2. The molecule has 10 heteroatoms. The van der Waals surface area contributed by atoms with Gasteiger partial charge in [0.1, 0.15) is 11.9 Å². The molecular weight excluding hydrogens is 444 g/mol. The summed E-state index contributed by atoms with van der Waals surface area (Å²) >= 11 is 0. The number of para-hydroxylation sites is 1. The van der Waals surface area contributed by atoms with Crippen LogP contribution in [0, 0.1) is 11.3 Å². The molecule has 10 nitrogen and oxygen atoms in total. The monoisotopic (exact) mass is 470 g/mol. The Morgan fingerprint density at radius 2 is 1.57 bits per heavy atom. The molecule has 1 aromatic carbocycles. The van der Waals surface area contributed by atoms with Crippen LogP contribution < -0.4 is 20.0 Å². The summed E-state index contributed by atoms with van der Waals surface area (Å²) in [5.74, 6) is 1.30. The molecule has 35 heavy (non-hydrogen) atoms. The zero-order valence-corrected chi connectivity index (χ0v) is 19.3. The van der Waals surface area contributed by atoms with Gasteiger partial charge in [-0.25, -0.2) is 15.0 Å². The number of benzene rings is 1. The predicted molar refractivity (Wildman–Crippen MR) is 133 cm³/mol. The minimum Gasteiger partial charge on any atom is -0.378 e. The van der Waals surface area contributed by atoms with Crippen LogP contribution in [0.3, 0.4) is 0 Å². The Hall–Kier alpha value is -4.23. The van der Waals surface area contributed by atoms with E-state index in [1.807, 2.05) is 30.3 Å². The average molecular weight is 471 g/mol. The molecule has 0 spiro atoms. The van der Waals surface area contributed by atoms with Crippen LogP contribution >= 0.6 is 0 Å². The first kappa shape index (κ1) is 22.6. The van der Waals surface area contributed by atoms with Gasteiger partial charge in [-0.15, -0.1) is 0 Å². The lowest BCUT2D eigenvalue weighted by Gasteiger charge is -2.35. The van der Waals surface area contributed by atoms with Crippen LogP contribution in [0.1, 0.15) is 15.9 Å². The number of carbonyl (C=O) groups is 1. The normalized spacial score (nSPS) is 16.0. The molecule has 0 atom stereocenters. The van der Waals surface area contributed by atoms with Gasteiger partial charge in [-0.05, 0) is 24.3 Å². The standard InChI is InChI=1S/C25H26N8O2/c26-15-19-5-6-23(27-16-19)32-7-9-33(10-8-32)25-28-17-20(18-29-25)30-24(34)21-3-1-2-4-22(21)31-11-13-35-14-12-31/h1-6,16-18H,7-14H2,(H,30,34). The van der Waals surface area contributed by atoms with Crippen LogP contribution in [0.4, 0.5) is 23.1 Å². The lowest BCUT2D eigenvalue weighted by atomic mass is 10.1. The maximum atomic E-state index is 13.0. The molecule has 2 fully saturated rings. The molecule has 0 radical (unpaired) electrons. The first-order valence-electron chi connectivity index (χ1n) is 11.6. The third kappa shape index (κ3) is 5.15. The molecule has 2 aromatic heterocycles. The van der Waals surface area contributed by atoms with Gasteiger partial charge in [-0.3, -0.25) is 4.79 Å². The van der Waals surface area contributed by atoms with E-state index in [9.17, 15) is 4.79 Å². The van der Waals surface area contributed by atoms with Gasteiger partial charge in [0.25, 0.3) is 5.91 Å². The lowest BCUT2D eigenvalue weighted by molar-refractivity contribution is 0.102. The second kappa shape index (κ2) is 10.4. The lowest BCUT2D eigenvalue weighted by Crippen LogP contribution is -2.47. The van der Waals surface area contributed by atoms with Crippen molar-refractivity contribution in [3.8, 4) is 6.07 Å². The summed E-state index contributed by atoms with van der Waals surface area (Å²) < 4.78 is 5.44. The van der Waals surface area contributed by atoms with Gasteiger partial charge in [0.2, 0.25) is 5.95 Å². The largest absolute Gasteiger partial charge is 0.378 e. The van der Waals surface area contributed by atoms with Crippen molar-refractivity contribution >= 4 is 29.0 Å². The summed E-state index contributed by atoms with van der Waals surface area (Å²) in [4.78, 5) is 32.8. The van der Waals surface area contributed by atoms with Crippen molar-refractivity contribution in [2.24, 2.45) is 0 Å². The average Bonchev–Trinajstić information content (AvgIpc) is 2.94. The Morgan fingerprint density at radius 1 is 0.857 bits per heavy atom. The number of rotatable bonds is 5. The number of amides is 1. The molecule has 0 bridgehead atoms. The van der Waals surface area contributed by atoms with E-state index in [2.05, 4.69) is 41.0 Å². The number of aromatic nitrogens is 3. The van der Waals surface area contributed by atoms with Gasteiger partial charge < -0.3 is 24.8 Å². The van der Waals surface area contributed by atoms with Crippen LogP contribution in [0.15, 0.2) is 55.0 Å². The number of nitriles is 1. The van der Waals surface area contributed by atoms with Gasteiger partial charge in [0.15, 0.2) is 0 Å². The molecule has 0 aliphatic carbocycles. The second-order valence-electron chi connectivity index (χ2n) is 8.33. The SMILES string of the molecule is N#Cc1ccc(N2CCN(c3ncc(NC(=O)c4ccccc4N4CCOCC4)cn3)CC2)nc1. The summed E-state index contributed by atoms with van der Waals surface area (Å²) in [5, 5.41) is 11.9. The molecule has 1 amide bonds. The Labute approximate surface area is 203 Å². The van der Waals surface area contributed by atoms with E-state index < -0.39 is 0 Å². The first-order chi connectivity index (χ1) is 17.2. The smallest absolute Gasteiger partial charge is 0.257 e. The number of ether oxygens (including phenoxy) is 1. The molecule has 178 valence electrons. The summed E-state index contributed by atoms with van der Waals surface area (Å²) in [5.41, 5.74) is 2.62. The van der Waals surface area contributed by atoms with Gasteiger partial charge in [-0.1, -0.05) is 12.1 Å². The van der Waals surface area contributed by atoms with E-state index in [1.54, 1.807) is 24.7 Å². The third-order valence-electron chi connectivity index (χ3n) is 6.16. The van der Waals surface area contributed by atoms with Crippen molar-refractivity contribution in [1.29, 1.82) is 5.26 Å². The van der Waals surface area contributed by atoms with E-state index in [0.29, 0.717) is 36.0 Å². The Morgan fingerprint density at radius 3 is 2.26 bits per heavy atom. The van der Waals surface area contributed by atoms with Crippen LogP contribution in [-0.4, -0.2) is 73.3 Å². The zero-order chi connectivity index (χ0) is 24.0. The number of piperazine rings is 1. The van der Waals surface area contributed by atoms with Gasteiger partial charge in [0, 0.05) is 51.2 Å². The molecule has 2 aliphatic heterocycles. The molecule has 1 N–H and O–H groups in total. The quantitative estimate of drug-likeness (QED) is 0.600. The topological polar surface area (TPSA) is 111 Å². The number of anilines is 4. The molecule has 4 heterocycles. The minimum absolute atomic E-state index is 0.188. The van der Waals surface area contributed by atoms with E-state index in [-0.39, 0.29) is 5.91 Å². The first-order valence-corrected chi connectivity index (χ1v) is 11.6. The van der Waals surface area contributed by atoms with E-state index in [4.69, 9.17) is 10.00 Å². The maximum absolute atomic E-state index is 13.0. The third-order valence-corrected chi connectivity index (χ3v) is 6.16. The highest BCUT2D eigenvalue weighted by Gasteiger charge is 2.21. The number of carbonyl (C=O) groups excluding carboxylic acids is 1. The second-order valence-corrected chi connectivity index (χ2v) is 8.33. The fourth-order valence-corrected chi connectivity index (χ4v) is 4.27. The summed E-state index contributed by atoms with van der Waals surface area (Å²) in [6, 6.07) is 13.4. The fraction of sp³-hybridized carbons (Fsp3) is 0.320. The van der Waals surface area contributed by atoms with Gasteiger partial charge in [-0.2, -0.15) is 5.26 Å². The molecule has 3 aromatic rings. The highest BCUT2D eigenvalue weighted by Crippen LogP contribution is 2.23. The predicted octanol–water partition coefficient (Wildman–Crippen LogP) is 2.16. The highest BCUT2D eigenvalue weighted by atomic mass is 16.5. The van der Waals surface area contributed by atoms with Crippen molar-refractivity contribution in [2.75, 3.05) is 72.5 Å². The maximum Gasteiger partial charge on any atom is 0.257 e. The molecule has 2 saturated heterocycles. The summed E-state index contributed by atoms with van der Waals surface area (Å²) in [6.07, 6.45) is 4.88. The number of pyridine rings is 1. The van der Waals surface area contributed by atoms with E-state index in [1.165, 1.54) is 0 Å². The number of morpholine rings is 1. The molecule has 2 aliphatic rings. The number of hydrogen-bond donors (Lipinski definition) is 1. The van der Waals surface area contributed by atoms with Gasteiger partial charge in [0.05, 0.1) is 42.4 Å². The Balaban J connectivity index is 1.19. The van der Waals surface area contributed by atoms with E-state index in [0.717, 1.165) is 50.8 Å². The number of nitrogens with zero attached hydrogens (tertiary/aromatic N) is 7. The van der Waals surface area contributed by atoms with Crippen LogP contribution in [0.2, 0.25) is 0 Å². The molecule has 0 unspecified atom stereocenters. The molecule has 0 saturated carbocycles. The summed E-state index contributed by atoms with van der Waals surface area (Å²) in [7, 11) is 0. The highest BCUT2D eigenvalue weighted by molar-refractivity contribution is 6.08.